The molecule has 0 spiro atoms. The molecule has 1 aromatic rings. The molecule has 0 bridgehead atoms. The Balaban J connectivity index is 1.44. The fraction of sp³-hybridized carbons (Fsp3) is 0.619. The lowest BCUT2D eigenvalue weighted by atomic mass is 9.85. The molecular formula is C21H28F3N3O2. The van der Waals surface area contributed by atoms with Crippen molar-refractivity contribution in [2.45, 2.75) is 51.2 Å². The van der Waals surface area contributed by atoms with Crippen molar-refractivity contribution in [2.24, 2.45) is 5.92 Å². The van der Waals surface area contributed by atoms with Crippen LogP contribution in [-0.2, 0) is 11.2 Å². The SMILES string of the molecule is Cc1ccc(CC(=O)N2CCN(C(=O)NC3CCCC(C(F)(F)F)C3)CC2)cc1. The number of amides is 3. The van der Waals surface area contributed by atoms with Crippen LogP contribution in [0.25, 0.3) is 0 Å². The molecule has 1 N–H and O–H groups in total. The van der Waals surface area contributed by atoms with Gasteiger partial charge in [0.2, 0.25) is 5.91 Å². The molecule has 1 aliphatic heterocycles. The molecule has 1 saturated carbocycles. The molecule has 160 valence electrons. The predicted molar refractivity (Wildman–Crippen MR) is 103 cm³/mol. The number of nitrogens with zero attached hydrogens (tertiary/aromatic N) is 2. The zero-order valence-corrected chi connectivity index (χ0v) is 16.7. The van der Waals surface area contributed by atoms with E-state index in [-0.39, 0.29) is 24.8 Å². The lowest BCUT2D eigenvalue weighted by Crippen LogP contribution is -2.55. The van der Waals surface area contributed by atoms with Crippen molar-refractivity contribution in [3.05, 3.63) is 35.4 Å². The molecule has 2 unspecified atom stereocenters. The Morgan fingerprint density at radius 2 is 1.66 bits per heavy atom. The number of benzene rings is 1. The number of hydrogen-bond acceptors (Lipinski definition) is 2. The van der Waals surface area contributed by atoms with Gasteiger partial charge >= 0.3 is 12.2 Å². The normalized spacial score (nSPS) is 23.0. The van der Waals surface area contributed by atoms with Crippen LogP contribution < -0.4 is 5.32 Å². The van der Waals surface area contributed by atoms with Crippen molar-refractivity contribution >= 4 is 11.9 Å². The second-order valence-corrected chi connectivity index (χ2v) is 8.08. The Morgan fingerprint density at radius 1 is 1.03 bits per heavy atom. The van der Waals surface area contributed by atoms with Crippen LogP contribution >= 0.6 is 0 Å². The van der Waals surface area contributed by atoms with E-state index in [1.54, 1.807) is 9.80 Å². The fourth-order valence-electron chi connectivity index (χ4n) is 4.04. The molecule has 8 heteroatoms. The molecule has 3 rings (SSSR count). The number of alkyl halides is 3. The van der Waals surface area contributed by atoms with E-state index < -0.39 is 18.1 Å². The van der Waals surface area contributed by atoms with Crippen LogP contribution in [-0.4, -0.2) is 60.1 Å². The molecule has 1 heterocycles. The molecule has 2 aliphatic rings. The minimum atomic E-state index is -4.20. The van der Waals surface area contributed by atoms with E-state index in [0.717, 1.165) is 11.1 Å². The highest BCUT2D eigenvalue weighted by atomic mass is 19.4. The van der Waals surface area contributed by atoms with Crippen LogP contribution in [0.2, 0.25) is 0 Å². The van der Waals surface area contributed by atoms with E-state index in [2.05, 4.69) is 5.32 Å². The molecule has 1 saturated heterocycles. The first-order valence-electron chi connectivity index (χ1n) is 10.2. The van der Waals surface area contributed by atoms with Crippen LogP contribution in [0, 0.1) is 12.8 Å². The molecule has 29 heavy (non-hydrogen) atoms. The molecular weight excluding hydrogens is 383 g/mol. The first kappa shape index (κ1) is 21.5. The van der Waals surface area contributed by atoms with E-state index >= 15 is 0 Å². The predicted octanol–water partition coefficient (Wildman–Crippen LogP) is 3.51. The smallest absolute Gasteiger partial charge is 0.339 e. The maximum absolute atomic E-state index is 12.9. The van der Waals surface area contributed by atoms with Crippen LogP contribution in [0.15, 0.2) is 24.3 Å². The summed E-state index contributed by atoms with van der Waals surface area (Å²) in [5.74, 6) is -1.31. The van der Waals surface area contributed by atoms with Crippen LogP contribution in [0.5, 0.6) is 0 Å². The summed E-state index contributed by atoms with van der Waals surface area (Å²) in [6, 6.07) is 7.05. The third-order valence-corrected chi connectivity index (χ3v) is 5.86. The van der Waals surface area contributed by atoms with E-state index in [1.807, 2.05) is 31.2 Å². The largest absolute Gasteiger partial charge is 0.391 e. The van der Waals surface area contributed by atoms with Crippen molar-refractivity contribution in [3.63, 3.8) is 0 Å². The maximum atomic E-state index is 12.9. The van der Waals surface area contributed by atoms with Gasteiger partial charge in [0.15, 0.2) is 0 Å². The topological polar surface area (TPSA) is 52.7 Å². The second kappa shape index (κ2) is 9.05. The van der Waals surface area contributed by atoms with Gasteiger partial charge in [-0.3, -0.25) is 4.79 Å². The average Bonchev–Trinajstić information content (AvgIpc) is 2.69. The number of rotatable bonds is 3. The van der Waals surface area contributed by atoms with Crippen molar-refractivity contribution in [3.8, 4) is 0 Å². The van der Waals surface area contributed by atoms with Crippen LogP contribution in [0.4, 0.5) is 18.0 Å². The number of carbonyl (C=O) groups excluding carboxylic acids is 2. The summed E-state index contributed by atoms with van der Waals surface area (Å²) < 4.78 is 38.8. The van der Waals surface area contributed by atoms with Gasteiger partial charge < -0.3 is 15.1 Å². The van der Waals surface area contributed by atoms with Gasteiger partial charge in [0.25, 0.3) is 0 Å². The minimum absolute atomic E-state index is 0.0224. The van der Waals surface area contributed by atoms with Gasteiger partial charge in [-0.1, -0.05) is 36.2 Å². The first-order valence-corrected chi connectivity index (χ1v) is 10.2. The van der Waals surface area contributed by atoms with Crippen LogP contribution in [0.3, 0.4) is 0 Å². The standard InChI is InChI=1S/C21H28F3N3O2/c1-15-5-7-16(8-6-15)13-19(28)26-9-11-27(12-10-26)20(29)25-18-4-2-3-17(14-18)21(22,23)24/h5-8,17-18H,2-4,9-14H2,1H3,(H,25,29). The number of hydrogen-bond donors (Lipinski definition) is 1. The van der Waals surface area contributed by atoms with E-state index in [4.69, 9.17) is 0 Å². The maximum Gasteiger partial charge on any atom is 0.391 e. The van der Waals surface area contributed by atoms with Gasteiger partial charge in [0, 0.05) is 32.2 Å². The minimum Gasteiger partial charge on any atom is -0.339 e. The lowest BCUT2D eigenvalue weighted by molar-refractivity contribution is -0.183. The van der Waals surface area contributed by atoms with E-state index in [0.29, 0.717) is 45.4 Å². The molecule has 0 radical (unpaired) electrons. The third-order valence-electron chi connectivity index (χ3n) is 5.86. The Labute approximate surface area is 169 Å². The summed E-state index contributed by atoms with van der Waals surface area (Å²) in [5, 5.41) is 2.76. The van der Waals surface area contributed by atoms with Crippen molar-refractivity contribution in [1.82, 2.24) is 15.1 Å². The number of aryl methyl sites for hydroxylation is 1. The van der Waals surface area contributed by atoms with Gasteiger partial charge in [0.05, 0.1) is 12.3 Å². The number of carbonyl (C=O) groups is 2. The number of piperazine rings is 1. The quantitative estimate of drug-likeness (QED) is 0.828. The van der Waals surface area contributed by atoms with Crippen molar-refractivity contribution in [1.29, 1.82) is 0 Å². The summed E-state index contributed by atoms with van der Waals surface area (Å²) in [6.45, 7) is 3.65. The summed E-state index contributed by atoms with van der Waals surface area (Å²) >= 11 is 0. The number of nitrogens with one attached hydrogen (secondary N) is 1. The molecule has 2 atom stereocenters. The zero-order chi connectivity index (χ0) is 21.0. The van der Waals surface area contributed by atoms with Gasteiger partial charge in [-0.15, -0.1) is 0 Å². The fourth-order valence-corrected chi connectivity index (χ4v) is 4.04. The van der Waals surface area contributed by atoms with Crippen molar-refractivity contribution < 1.29 is 22.8 Å². The molecule has 5 nitrogen and oxygen atoms in total. The molecule has 3 amide bonds. The van der Waals surface area contributed by atoms with Gasteiger partial charge in [0.1, 0.15) is 0 Å². The summed E-state index contributed by atoms with van der Waals surface area (Å²) in [5.41, 5.74) is 2.10. The van der Waals surface area contributed by atoms with Crippen LogP contribution in [0.1, 0.15) is 36.8 Å². The lowest BCUT2D eigenvalue weighted by Gasteiger charge is -2.37. The summed E-state index contributed by atoms with van der Waals surface area (Å²) in [7, 11) is 0. The van der Waals surface area contributed by atoms with Gasteiger partial charge in [-0.2, -0.15) is 13.2 Å². The van der Waals surface area contributed by atoms with E-state index in [9.17, 15) is 22.8 Å². The monoisotopic (exact) mass is 411 g/mol. The summed E-state index contributed by atoms with van der Waals surface area (Å²) in [4.78, 5) is 28.3. The molecule has 1 aliphatic carbocycles. The zero-order valence-electron chi connectivity index (χ0n) is 16.7. The first-order chi connectivity index (χ1) is 13.7. The van der Waals surface area contributed by atoms with Crippen molar-refractivity contribution in [2.75, 3.05) is 26.2 Å². The highest BCUT2D eigenvalue weighted by Gasteiger charge is 2.42. The van der Waals surface area contributed by atoms with Gasteiger partial charge in [-0.25, -0.2) is 4.79 Å². The summed E-state index contributed by atoms with van der Waals surface area (Å²) in [6.07, 6.45) is -2.74. The Hall–Kier alpha value is -2.25. The number of halogens is 3. The second-order valence-electron chi connectivity index (χ2n) is 8.08. The van der Waals surface area contributed by atoms with Gasteiger partial charge in [-0.05, 0) is 31.7 Å². The Kier molecular flexibility index (Phi) is 6.70. The highest BCUT2D eigenvalue weighted by Crippen LogP contribution is 2.37. The third kappa shape index (κ3) is 5.87. The Morgan fingerprint density at radius 3 is 2.28 bits per heavy atom. The molecule has 0 aromatic heterocycles. The Bertz CT molecular complexity index is 713. The highest BCUT2D eigenvalue weighted by molar-refractivity contribution is 5.79. The average molecular weight is 411 g/mol. The molecule has 2 fully saturated rings. The molecule has 1 aromatic carbocycles. The number of urea groups is 1. The van der Waals surface area contributed by atoms with E-state index in [1.165, 1.54) is 0 Å².